The van der Waals surface area contributed by atoms with E-state index in [4.69, 9.17) is 4.74 Å². The molecular weight excluding hydrogens is 194 g/mol. The van der Waals surface area contributed by atoms with Crippen LogP contribution in [0.2, 0.25) is 0 Å². The predicted octanol–water partition coefficient (Wildman–Crippen LogP) is 2.36. The first-order valence-electron chi connectivity index (χ1n) is 5.14. The number of likely N-dealkylation sites (tertiary alicyclic amines) is 1. The molecule has 1 atom stereocenters. The molecule has 1 heterocycles. The largest absolute Gasteiger partial charge is 0.443 e. The van der Waals surface area contributed by atoms with Crippen LogP contribution in [0.15, 0.2) is 0 Å². The van der Waals surface area contributed by atoms with Crippen LogP contribution in [0.25, 0.3) is 0 Å². The maximum absolute atomic E-state index is 11.6. The zero-order chi connectivity index (χ0) is 10.8. The van der Waals surface area contributed by atoms with Crippen LogP contribution in [0.1, 0.15) is 47.5 Å². The highest BCUT2D eigenvalue weighted by molar-refractivity contribution is 5.68. The Kier molecular flexibility index (Phi) is 5.08. The first-order chi connectivity index (χ1) is 6.46. The predicted molar refractivity (Wildman–Crippen MR) is 59.5 cm³/mol. The van der Waals surface area contributed by atoms with Gasteiger partial charge in [-0.2, -0.15) is 0 Å². The summed E-state index contributed by atoms with van der Waals surface area (Å²) in [5, 5.41) is 9.45. The summed E-state index contributed by atoms with van der Waals surface area (Å²) in [5.74, 6) is 0. The van der Waals surface area contributed by atoms with Crippen LogP contribution in [0.3, 0.4) is 0 Å². The Hall–Kier alpha value is -0.770. The molecule has 4 nitrogen and oxygen atoms in total. The van der Waals surface area contributed by atoms with Crippen LogP contribution in [-0.2, 0) is 4.74 Å². The van der Waals surface area contributed by atoms with E-state index in [1.807, 2.05) is 20.8 Å². The van der Waals surface area contributed by atoms with Crippen LogP contribution in [0.4, 0.5) is 4.79 Å². The van der Waals surface area contributed by atoms with Crippen molar-refractivity contribution in [3.63, 3.8) is 0 Å². The van der Waals surface area contributed by atoms with E-state index in [2.05, 4.69) is 0 Å². The lowest BCUT2D eigenvalue weighted by Gasteiger charge is -2.28. The van der Waals surface area contributed by atoms with Crippen molar-refractivity contribution in [2.75, 3.05) is 6.54 Å². The Morgan fingerprint density at radius 2 is 2.20 bits per heavy atom. The zero-order valence-electron chi connectivity index (χ0n) is 9.12. The standard InChI is InChI=1S/C10H19NO3.CH4/c1-4-10(2,3)14-9(13)11-7-5-6-8(11)12;/h8,12H,4-7H2,1-3H3;1H4. The maximum Gasteiger partial charge on any atom is 0.412 e. The SMILES string of the molecule is C.CCC(C)(C)OC(=O)N1CCCC1O. The van der Waals surface area contributed by atoms with E-state index in [1.54, 1.807) is 0 Å². The number of amides is 1. The zero-order valence-corrected chi connectivity index (χ0v) is 9.12. The summed E-state index contributed by atoms with van der Waals surface area (Å²) in [4.78, 5) is 13.0. The Labute approximate surface area is 92.2 Å². The molecule has 1 rings (SSSR count). The fraction of sp³-hybridized carbons (Fsp3) is 0.909. The summed E-state index contributed by atoms with van der Waals surface area (Å²) in [7, 11) is 0. The van der Waals surface area contributed by atoms with Gasteiger partial charge < -0.3 is 9.84 Å². The molecule has 4 heteroatoms. The number of aliphatic hydroxyl groups is 1. The molecule has 0 radical (unpaired) electrons. The fourth-order valence-corrected chi connectivity index (χ4v) is 1.33. The Balaban J connectivity index is 0.00000196. The number of hydrogen-bond donors (Lipinski definition) is 1. The van der Waals surface area contributed by atoms with Crippen LogP contribution in [0, 0.1) is 0 Å². The van der Waals surface area contributed by atoms with E-state index in [0.717, 1.165) is 12.8 Å². The van der Waals surface area contributed by atoms with Crippen molar-refractivity contribution < 1.29 is 14.6 Å². The molecule has 0 aromatic carbocycles. The van der Waals surface area contributed by atoms with Crippen molar-refractivity contribution in [3.8, 4) is 0 Å². The monoisotopic (exact) mass is 217 g/mol. The lowest BCUT2D eigenvalue weighted by atomic mass is 10.1. The minimum atomic E-state index is -0.657. The number of nitrogens with zero attached hydrogens (tertiary/aromatic N) is 1. The molecule has 0 spiro atoms. The lowest BCUT2D eigenvalue weighted by molar-refractivity contribution is -0.0210. The number of carbonyl (C=O) groups is 1. The molecule has 0 saturated carbocycles. The number of rotatable bonds is 2. The third-order valence-electron chi connectivity index (χ3n) is 2.67. The summed E-state index contributed by atoms with van der Waals surface area (Å²) in [6, 6.07) is 0. The molecule has 1 aliphatic rings. The van der Waals surface area contributed by atoms with Gasteiger partial charge in [0.2, 0.25) is 0 Å². The highest BCUT2D eigenvalue weighted by Gasteiger charge is 2.31. The number of aliphatic hydroxyl groups excluding tert-OH is 1. The summed E-state index contributed by atoms with van der Waals surface area (Å²) in [6.45, 7) is 6.30. The molecule has 0 aromatic heterocycles. The summed E-state index contributed by atoms with van der Waals surface area (Å²) in [6.07, 6.45) is 1.21. The quantitative estimate of drug-likeness (QED) is 0.772. The molecule has 1 saturated heterocycles. The minimum absolute atomic E-state index is 0. The van der Waals surface area contributed by atoms with E-state index < -0.39 is 17.9 Å². The van der Waals surface area contributed by atoms with Gasteiger partial charge in [-0.15, -0.1) is 0 Å². The van der Waals surface area contributed by atoms with Crippen LogP contribution in [0.5, 0.6) is 0 Å². The molecule has 0 aromatic rings. The summed E-state index contributed by atoms with van der Waals surface area (Å²) in [5.41, 5.74) is -0.445. The van der Waals surface area contributed by atoms with E-state index in [9.17, 15) is 9.90 Å². The second kappa shape index (κ2) is 5.35. The van der Waals surface area contributed by atoms with E-state index in [0.29, 0.717) is 13.0 Å². The molecule has 0 bridgehead atoms. The molecule has 0 aliphatic carbocycles. The molecule has 90 valence electrons. The van der Waals surface area contributed by atoms with E-state index >= 15 is 0 Å². The molecule has 1 fully saturated rings. The normalized spacial score (nSPS) is 21.1. The highest BCUT2D eigenvalue weighted by atomic mass is 16.6. The molecule has 1 amide bonds. The fourth-order valence-electron chi connectivity index (χ4n) is 1.33. The third-order valence-corrected chi connectivity index (χ3v) is 2.67. The van der Waals surface area contributed by atoms with Gasteiger partial charge in [0.15, 0.2) is 0 Å². The lowest BCUT2D eigenvalue weighted by Crippen LogP contribution is -2.40. The van der Waals surface area contributed by atoms with Crippen LogP contribution >= 0.6 is 0 Å². The van der Waals surface area contributed by atoms with Crippen LogP contribution < -0.4 is 0 Å². The average Bonchev–Trinajstić information content (AvgIpc) is 2.51. The smallest absolute Gasteiger partial charge is 0.412 e. The van der Waals surface area contributed by atoms with Crippen molar-refractivity contribution >= 4 is 6.09 Å². The molecular formula is C11H23NO3. The van der Waals surface area contributed by atoms with E-state index in [-0.39, 0.29) is 7.43 Å². The Morgan fingerprint density at radius 3 is 2.60 bits per heavy atom. The van der Waals surface area contributed by atoms with E-state index in [1.165, 1.54) is 4.90 Å². The summed E-state index contributed by atoms with van der Waals surface area (Å²) >= 11 is 0. The molecule has 15 heavy (non-hydrogen) atoms. The van der Waals surface area contributed by atoms with Gasteiger partial charge in [-0.3, -0.25) is 4.90 Å². The number of hydrogen-bond acceptors (Lipinski definition) is 3. The van der Waals surface area contributed by atoms with Gasteiger partial charge in [0.25, 0.3) is 0 Å². The first-order valence-corrected chi connectivity index (χ1v) is 5.14. The van der Waals surface area contributed by atoms with Crippen LogP contribution in [-0.4, -0.2) is 34.5 Å². The second-order valence-corrected chi connectivity index (χ2v) is 4.30. The van der Waals surface area contributed by atoms with Gasteiger partial charge >= 0.3 is 6.09 Å². The van der Waals surface area contributed by atoms with Crippen molar-refractivity contribution in [3.05, 3.63) is 0 Å². The molecule has 1 N–H and O–H groups in total. The van der Waals surface area contributed by atoms with Crippen molar-refractivity contribution in [1.82, 2.24) is 4.90 Å². The van der Waals surface area contributed by atoms with Gasteiger partial charge in [0.1, 0.15) is 11.8 Å². The molecule has 1 aliphatic heterocycles. The first kappa shape index (κ1) is 14.2. The Morgan fingerprint density at radius 1 is 1.60 bits per heavy atom. The van der Waals surface area contributed by atoms with Gasteiger partial charge in [-0.1, -0.05) is 14.4 Å². The Bertz CT molecular complexity index is 216. The van der Waals surface area contributed by atoms with Crippen molar-refractivity contribution in [1.29, 1.82) is 0 Å². The topological polar surface area (TPSA) is 49.8 Å². The highest BCUT2D eigenvalue weighted by Crippen LogP contribution is 2.20. The maximum atomic E-state index is 11.6. The summed E-state index contributed by atoms with van der Waals surface area (Å²) < 4.78 is 5.27. The van der Waals surface area contributed by atoms with Gasteiger partial charge in [-0.05, 0) is 33.1 Å². The number of carbonyl (C=O) groups excluding carboxylic acids is 1. The number of ether oxygens (including phenoxy) is 1. The van der Waals surface area contributed by atoms with Gasteiger partial charge in [-0.25, -0.2) is 4.79 Å². The average molecular weight is 217 g/mol. The molecule has 1 unspecified atom stereocenters. The van der Waals surface area contributed by atoms with Gasteiger partial charge in [0.05, 0.1) is 0 Å². The van der Waals surface area contributed by atoms with Gasteiger partial charge in [0, 0.05) is 6.54 Å². The van der Waals surface area contributed by atoms with Crippen molar-refractivity contribution in [2.24, 2.45) is 0 Å². The minimum Gasteiger partial charge on any atom is -0.443 e. The van der Waals surface area contributed by atoms with Crippen molar-refractivity contribution in [2.45, 2.75) is 59.3 Å². The third kappa shape index (κ3) is 3.70. The second-order valence-electron chi connectivity index (χ2n) is 4.30.